The van der Waals surface area contributed by atoms with Gasteiger partial charge in [0.15, 0.2) is 0 Å². The molecule has 0 saturated heterocycles. The van der Waals surface area contributed by atoms with Crippen molar-refractivity contribution in [2.45, 2.75) is 26.4 Å². The molecule has 1 aromatic carbocycles. The number of nitrogens with two attached hydrogens (primary N) is 1. The van der Waals surface area contributed by atoms with E-state index in [4.69, 9.17) is 15.0 Å². The molecule has 3 N–H and O–H groups in total. The first-order valence-corrected chi connectivity index (χ1v) is 7.01. The minimum absolute atomic E-state index is 0.0648. The molecule has 1 heterocycles. The van der Waals surface area contributed by atoms with Gasteiger partial charge in [0.2, 0.25) is 17.6 Å². The summed E-state index contributed by atoms with van der Waals surface area (Å²) in [5.74, 6) is 1.30. The van der Waals surface area contributed by atoms with E-state index in [1.54, 1.807) is 7.11 Å². The summed E-state index contributed by atoms with van der Waals surface area (Å²) >= 11 is 0. The minimum atomic E-state index is -0.555. The van der Waals surface area contributed by atoms with E-state index in [-0.39, 0.29) is 18.4 Å². The maximum absolute atomic E-state index is 11.8. The fraction of sp³-hybridized carbons (Fsp3) is 0.400. The number of methoxy groups -OCH3 is 1. The van der Waals surface area contributed by atoms with Crippen LogP contribution in [-0.2, 0) is 11.3 Å². The largest absolute Gasteiger partial charge is 0.497 e. The van der Waals surface area contributed by atoms with E-state index in [0.717, 1.165) is 5.56 Å². The van der Waals surface area contributed by atoms with Crippen LogP contribution in [0.4, 0.5) is 0 Å². The molecule has 0 unspecified atom stereocenters. The van der Waals surface area contributed by atoms with Gasteiger partial charge in [0.05, 0.1) is 19.7 Å². The summed E-state index contributed by atoms with van der Waals surface area (Å²) in [7, 11) is 1.59. The molecule has 7 heteroatoms. The van der Waals surface area contributed by atoms with Gasteiger partial charge in [-0.3, -0.25) is 4.79 Å². The highest BCUT2D eigenvalue weighted by atomic mass is 16.5. The summed E-state index contributed by atoms with van der Waals surface area (Å²) in [4.78, 5) is 16.0. The molecule has 0 spiro atoms. The molecular formula is C15H20N4O3. The Morgan fingerprint density at radius 2 is 2.23 bits per heavy atom. The van der Waals surface area contributed by atoms with Gasteiger partial charge in [-0.25, -0.2) is 0 Å². The summed E-state index contributed by atoms with van der Waals surface area (Å²) in [5, 5.41) is 6.58. The standard InChI is InChI=1S/C15H20N4O3/c1-9(2)13(16)15(20)17-8-12-18-14(19-22-12)10-5-4-6-11(7-10)21-3/h4-7,9,13H,8,16H2,1-3H3,(H,17,20)/t13-/m0/s1. The topological polar surface area (TPSA) is 103 Å². The zero-order valence-corrected chi connectivity index (χ0v) is 12.9. The molecular weight excluding hydrogens is 284 g/mol. The number of benzene rings is 1. The Labute approximate surface area is 128 Å². The lowest BCUT2D eigenvalue weighted by Gasteiger charge is -2.14. The van der Waals surface area contributed by atoms with Crippen LogP contribution >= 0.6 is 0 Å². The normalized spacial score (nSPS) is 12.2. The van der Waals surface area contributed by atoms with Crippen molar-refractivity contribution in [2.75, 3.05) is 7.11 Å². The smallest absolute Gasteiger partial charge is 0.246 e. The summed E-state index contributed by atoms with van der Waals surface area (Å²) in [6, 6.07) is 6.78. The van der Waals surface area contributed by atoms with Crippen LogP contribution < -0.4 is 15.8 Å². The minimum Gasteiger partial charge on any atom is -0.497 e. The zero-order chi connectivity index (χ0) is 16.1. The lowest BCUT2D eigenvalue weighted by molar-refractivity contribution is -0.123. The van der Waals surface area contributed by atoms with Crippen LogP contribution in [0.2, 0.25) is 0 Å². The van der Waals surface area contributed by atoms with Gasteiger partial charge in [-0.15, -0.1) is 0 Å². The average molecular weight is 304 g/mol. The molecule has 0 aliphatic rings. The third kappa shape index (κ3) is 3.82. The first-order chi connectivity index (χ1) is 10.5. The number of carbonyl (C=O) groups is 1. The van der Waals surface area contributed by atoms with E-state index in [9.17, 15) is 4.79 Å². The number of nitrogens with one attached hydrogen (secondary N) is 1. The van der Waals surface area contributed by atoms with Crippen LogP contribution in [0.3, 0.4) is 0 Å². The van der Waals surface area contributed by atoms with E-state index < -0.39 is 6.04 Å². The van der Waals surface area contributed by atoms with Crippen molar-refractivity contribution < 1.29 is 14.1 Å². The van der Waals surface area contributed by atoms with Gasteiger partial charge in [-0.2, -0.15) is 4.98 Å². The molecule has 0 fully saturated rings. The van der Waals surface area contributed by atoms with Crippen molar-refractivity contribution in [1.29, 1.82) is 0 Å². The number of hydrogen-bond donors (Lipinski definition) is 2. The van der Waals surface area contributed by atoms with E-state index in [1.807, 2.05) is 38.1 Å². The number of hydrogen-bond acceptors (Lipinski definition) is 6. The second-order valence-corrected chi connectivity index (χ2v) is 5.23. The fourth-order valence-corrected chi connectivity index (χ4v) is 1.79. The highest BCUT2D eigenvalue weighted by Gasteiger charge is 2.18. The maximum atomic E-state index is 11.8. The summed E-state index contributed by atoms with van der Waals surface area (Å²) < 4.78 is 10.3. The Kier molecular flexibility index (Phi) is 5.11. The number of ether oxygens (including phenoxy) is 1. The monoisotopic (exact) mass is 304 g/mol. The molecule has 0 bridgehead atoms. The zero-order valence-electron chi connectivity index (χ0n) is 12.9. The SMILES string of the molecule is COc1cccc(-c2noc(CNC(=O)[C@@H](N)C(C)C)n2)c1. The van der Waals surface area contributed by atoms with E-state index in [0.29, 0.717) is 17.5 Å². The van der Waals surface area contributed by atoms with Crippen molar-refractivity contribution in [3.05, 3.63) is 30.2 Å². The quantitative estimate of drug-likeness (QED) is 0.835. The Balaban J connectivity index is 2.01. The predicted octanol–water partition coefficient (Wildman–Crippen LogP) is 1.34. The van der Waals surface area contributed by atoms with Crippen LogP contribution in [0.5, 0.6) is 5.75 Å². The summed E-state index contributed by atoms with van der Waals surface area (Å²) in [6.07, 6.45) is 0. The van der Waals surface area contributed by atoms with Gasteiger partial charge < -0.3 is 20.3 Å². The van der Waals surface area contributed by atoms with Crippen molar-refractivity contribution in [3.63, 3.8) is 0 Å². The van der Waals surface area contributed by atoms with Crippen molar-refractivity contribution in [3.8, 4) is 17.1 Å². The number of amides is 1. The van der Waals surface area contributed by atoms with Crippen LogP contribution in [0.15, 0.2) is 28.8 Å². The number of carbonyl (C=O) groups excluding carboxylic acids is 1. The third-order valence-electron chi connectivity index (χ3n) is 3.23. The van der Waals surface area contributed by atoms with Crippen LogP contribution in [0.25, 0.3) is 11.4 Å². The number of rotatable bonds is 6. The lowest BCUT2D eigenvalue weighted by Crippen LogP contribution is -2.43. The summed E-state index contributed by atoms with van der Waals surface area (Å²) in [6.45, 7) is 3.92. The fourth-order valence-electron chi connectivity index (χ4n) is 1.79. The average Bonchev–Trinajstić information content (AvgIpc) is 3.00. The van der Waals surface area contributed by atoms with E-state index in [2.05, 4.69) is 15.5 Å². The van der Waals surface area contributed by atoms with Crippen LogP contribution in [-0.4, -0.2) is 29.2 Å². The van der Waals surface area contributed by atoms with Gasteiger partial charge in [-0.05, 0) is 18.1 Å². The third-order valence-corrected chi connectivity index (χ3v) is 3.23. The molecule has 0 aliphatic heterocycles. The molecule has 1 aromatic heterocycles. The van der Waals surface area contributed by atoms with Gasteiger partial charge >= 0.3 is 0 Å². The summed E-state index contributed by atoms with van der Waals surface area (Å²) in [5.41, 5.74) is 6.54. The molecule has 118 valence electrons. The molecule has 0 aliphatic carbocycles. The van der Waals surface area contributed by atoms with Gasteiger partial charge in [-0.1, -0.05) is 31.1 Å². The van der Waals surface area contributed by atoms with E-state index in [1.165, 1.54) is 0 Å². The molecule has 1 atom stereocenters. The highest BCUT2D eigenvalue weighted by Crippen LogP contribution is 2.21. The van der Waals surface area contributed by atoms with Crippen molar-refractivity contribution in [1.82, 2.24) is 15.5 Å². The Morgan fingerprint density at radius 1 is 1.45 bits per heavy atom. The molecule has 7 nitrogen and oxygen atoms in total. The lowest BCUT2D eigenvalue weighted by atomic mass is 10.1. The van der Waals surface area contributed by atoms with Crippen molar-refractivity contribution >= 4 is 5.91 Å². The van der Waals surface area contributed by atoms with Crippen molar-refractivity contribution in [2.24, 2.45) is 11.7 Å². The predicted molar refractivity (Wildman–Crippen MR) is 80.9 cm³/mol. The molecule has 1 amide bonds. The number of nitrogens with zero attached hydrogens (tertiary/aromatic N) is 2. The molecule has 0 saturated carbocycles. The van der Waals surface area contributed by atoms with Gasteiger partial charge in [0.25, 0.3) is 0 Å². The Hall–Kier alpha value is -2.41. The second-order valence-electron chi connectivity index (χ2n) is 5.23. The second kappa shape index (κ2) is 7.04. The van der Waals surface area contributed by atoms with E-state index >= 15 is 0 Å². The molecule has 2 aromatic rings. The molecule has 0 radical (unpaired) electrons. The van der Waals surface area contributed by atoms with Gasteiger partial charge in [0.1, 0.15) is 5.75 Å². The first kappa shape index (κ1) is 16.0. The van der Waals surface area contributed by atoms with Gasteiger partial charge in [0, 0.05) is 5.56 Å². The highest BCUT2D eigenvalue weighted by molar-refractivity contribution is 5.81. The maximum Gasteiger partial charge on any atom is 0.246 e. The molecule has 22 heavy (non-hydrogen) atoms. The Morgan fingerprint density at radius 3 is 2.91 bits per heavy atom. The molecule has 2 rings (SSSR count). The van der Waals surface area contributed by atoms with Crippen LogP contribution in [0, 0.1) is 5.92 Å². The first-order valence-electron chi connectivity index (χ1n) is 7.01. The number of aromatic nitrogens is 2. The van der Waals surface area contributed by atoms with Crippen LogP contribution in [0.1, 0.15) is 19.7 Å². The Bertz CT molecular complexity index is 639.